The molecule has 0 aliphatic carbocycles. The SMILES string of the molecule is CCOC(CC(=O)C(C)(C)OC)OCC. The molecule has 0 saturated carbocycles. The maximum absolute atomic E-state index is 11.8. The number of ether oxygens (including phenoxy) is 3. The molecule has 0 saturated heterocycles. The predicted octanol–water partition coefficient (Wildman–Crippen LogP) is 1.77. The highest BCUT2D eigenvalue weighted by atomic mass is 16.7. The first kappa shape index (κ1) is 14.6. The summed E-state index contributed by atoms with van der Waals surface area (Å²) in [7, 11) is 1.52. The summed E-state index contributed by atoms with van der Waals surface area (Å²) >= 11 is 0. The van der Waals surface area contributed by atoms with Crippen molar-refractivity contribution in [2.45, 2.75) is 46.0 Å². The van der Waals surface area contributed by atoms with Crippen molar-refractivity contribution in [3.05, 3.63) is 0 Å². The maximum atomic E-state index is 11.8. The van der Waals surface area contributed by atoms with Crippen LogP contribution in [0.15, 0.2) is 0 Å². The van der Waals surface area contributed by atoms with Gasteiger partial charge in [-0.15, -0.1) is 0 Å². The Labute approximate surface area is 91.9 Å². The third-order valence-electron chi connectivity index (χ3n) is 2.24. The van der Waals surface area contributed by atoms with Crippen molar-refractivity contribution in [3.63, 3.8) is 0 Å². The van der Waals surface area contributed by atoms with E-state index in [0.29, 0.717) is 13.2 Å². The van der Waals surface area contributed by atoms with Crippen molar-refractivity contribution in [1.29, 1.82) is 0 Å². The molecule has 0 rings (SSSR count). The van der Waals surface area contributed by atoms with E-state index in [4.69, 9.17) is 14.2 Å². The lowest BCUT2D eigenvalue weighted by atomic mass is 10.0. The fourth-order valence-electron chi connectivity index (χ4n) is 1.05. The molecule has 0 aliphatic rings. The molecule has 0 N–H and O–H groups in total. The first-order valence-corrected chi connectivity index (χ1v) is 5.29. The van der Waals surface area contributed by atoms with Gasteiger partial charge in [-0.1, -0.05) is 0 Å². The summed E-state index contributed by atoms with van der Waals surface area (Å²) in [5, 5.41) is 0. The molecule has 4 nitrogen and oxygen atoms in total. The van der Waals surface area contributed by atoms with Crippen LogP contribution >= 0.6 is 0 Å². The van der Waals surface area contributed by atoms with Crippen molar-refractivity contribution in [2.24, 2.45) is 0 Å². The molecule has 0 aromatic carbocycles. The Kier molecular flexibility index (Phi) is 6.72. The van der Waals surface area contributed by atoms with E-state index in [1.165, 1.54) is 7.11 Å². The zero-order valence-corrected chi connectivity index (χ0v) is 10.3. The van der Waals surface area contributed by atoms with Gasteiger partial charge < -0.3 is 14.2 Å². The lowest BCUT2D eigenvalue weighted by molar-refractivity contribution is -0.163. The van der Waals surface area contributed by atoms with Crippen molar-refractivity contribution >= 4 is 5.78 Å². The van der Waals surface area contributed by atoms with Gasteiger partial charge in [0.1, 0.15) is 5.60 Å². The third kappa shape index (κ3) is 5.25. The van der Waals surface area contributed by atoms with Crippen molar-refractivity contribution in [2.75, 3.05) is 20.3 Å². The quantitative estimate of drug-likeness (QED) is 0.582. The molecule has 0 radical (unpaired) electrons. The van der Waals surface area contributed by atoms with E-state index in [9.17, 15) is 4.79 Å². The number of hydrogen-bond acceptors (Lipinski definition) is 4. The summed E-state index contributed by atoms with van der Waals surface area (Å²) in [5.74, 6) is -0.0168. The number of carbonyl (C=O) groups is 1. The molecule has 90 valence electrons. The van der Waals surface area contributed by atoms with Crippen LogP contribution in [0.1, 0.15) is 34.1 Å². The molecule has 0 fully saturated rings. The van der Waals surface area contributed by atoms with Crippen molar-refractivity contribution in [3.8, 4) is 0 Å². The molecular formula is C11H22O4. The van der Waals surface area contributed by atoms with Crippen LogP contribution in [-0.2, 0) is 19.0 Å². The Morgan fingerprint density at radius 3 is 2.00 bits per heavy atom. The molecule has 0 bridgehead atoms. The largest absolute Gasteiger partial charge is 0.371 e. The summed E-state index contributed by atoms with van der Waals surface area (Å²) in [6.45, 7) is 8.29. The normalized spacial score (nSPS) is 12.1. The number of hydrogen-bond donors (Lipinski definition) is 0. The summed E-state index contributed by atoms with van der Waals surface area (Å²) in [4.78, 5) is 11.8. The first-order valence-electron chi connectivity index (χ1n) is 5.29. The molecule has 0 spiro atoms. The van der Waals surface area contributed by atoms with Crippen LogP contribution in [0.4, 0.5) is 0 Å². The van der Waals surface area contributed by atoms with Gasteiger partial charge in [-0.2, -0.15) is 0 Å². The second-order valence-electron chi connectivity index (χ2n) is 3.68. The standard InChI is InChI=1S/C11H22O4/c1-6-14-10(15-7-2)8-9(12)11(3,4)13-5/h10H,6-8H2,1-5H3. The van der Waals surface area contributed by atoms with E-state index in [0.717, 1.165) is 0 Å². The molecule has 15 heavy (non-hydrogen) atoms. The van der Waals surface area contributed by atoms with Gasteiger partial charge in [0.25, 0.3) is 0 Å². The van der Waals surface area contributed by atoms with E-state index in [1.807, 2.05) is 13.8 Å². The zero-order valence-electron chi connectivity index (χ0n) is 10.3. The number of Topliss-reactive ketones (excluding diaryl/α,β-unsaturated/α-hetero) is 1. The van der Waals surface area contributed by atoms with Crippen LogP contribution in [0.2, 0.25) is 0 Å². The van der Waals surface area contributed by atoms with Gasteiger partial charge in [0.05, 0.1) is 6.42 Å². The van der Waals surface area contributed by atoms with Gasteiger partial charge in [-0.3, -0.25) is 4.79 Å². The highest BCUT2D eigenvalue weighted by Gasteiger charge is 2.29. The van der Waals surface area contributed by atoms with Gasteiger partial charge >= 0.3 is 0 Å². The van der Waals surface area contributed by atoms with Crippen LogP contribution in [0.3, 0.4) is 0 Å². The van der Waals surface area contributed by atoms with E-state index >= 15 is 0 Å². The fraction of sp³-hybridized carbons (Fsp3) is 0.909. The number of ketones is 1. The van der Waals surface area contributed by atoms with Gasteiger partial charge in [0.2, 0.25) is 0 Å². The van der Waals surface area contributed by atoms with Gasteiger partial charge in [-0.25, -0.2) is 0 Å². The van der Waals surface area contributed by atoms with Crippen LogP contribution < -0.4 is 0 Å². The van der Waals surface area contributed by atoms with Crippen molar-refractivity contribution in [1.82, 2.24) is 0 Å². The molecular weight excluding hydrogens is 196 g/mol. The van der Waals surface area contributed by atoms with Crippen LogP contribution in [0.25, 0.3) is 0 Å². The monoisotopic (exact) mass is 218 g/mol. The highest BCUT2D eigenvalue weighted by molar-refractivity contribution is 5.86. The third-order valence-corrected chi connectivity index (χ3v) is 2.24. The van der Waals surface area contributed by atoms with Gasteiger partial charge in [0.15, 0.2) is 12.1 Å². The minimum absolute atomic E-state index is 0.0168. The summed E-state index contributed by atoms with van der Waals surface area (Å²) in [6, 6.07) is 0. The first-order chi connectivity index (χ1) is 6.97. The topological polar surface area (TPSA) is 44.8 Å². The lowest BCUT2D eigenvalue weighted by Gasteiger charge is -2.24. The summed E-state index contributed by atoms with van der Waals surface area (Å²) in [5.41, 5.74) is -0.771. The second kappa shape index (κ2) is 6.93. The average Bonchev–Trinajstić information content (AvgIpc) is 2.18. The Morgan fingerprint density at radius 2 is 1.67 bits per heavy atom. The Hall–Kier alpha value is -0.450. The minimum Gasteiger partial charge on any atom is -0.371 e. The van der Waals surface area contributed by atoms with Gasteiger partial charge in [0, 0.05) is 20.3 Å². The highest BCUT2D eigenvalue weighted by Crippen LogP contribution is 2.14. The van der Waals surface area contributed by atoms with Crippen LogP contribution in [-0.4, -0.2) is 38.0 Å². The van der Waals surface area contributed by atoms with E-state index in [2.05, 4.69) is 0 Å². The van der Waals surface area contributed by atoms with Gasteiger partial charge in [-0.05, 0) is 27.7 Å². The summed E-state index contributed by atoms with van der Waals surface area (Å²) < 4.78 is 15.7. The molecule has 0 aromatic rings. The number of rotatable bonds is 8. The smallest absolute Gasteiger partial charge is 0.169 e. The maximum Gasteiger partial charge on any atom is 0.169 e. The van der Waals surface area contributed by atoms with E-state index in [-0.39, 0.29) is 12.2 Å². The molecule has 0 unspecified atom stereocenters. The van der Waals surface area contributed by atoms with Crippen molar-refractivity contribution < 1.29 is 19.0 Å². The second-order valence-corrected chi connectivity index (χ2v) is 3.68. The molecule has 0 aromatic heterocycles. The van der Waals surface area contributed by atoms with E-state index in [1.54, 1.807) is 13.8 Å². The molecule has 0 atom stereocenters. The molecule has 4 heteroatoms. The van der Waals surface area contributed by atoms with Crippen LogP contribution in [0.5, 0.6) is 0 Å². The lowest BCUT2D eigenvalue weighted by Crippen LogP contribution is -2.37. The Balaban J connectivity index is 4.21. The number of methoxy groups -OCH3 is 1. The predicted molar refractivity (Wildman–Crippen MR) is 57.8 cm³/mol. The Morgan fingerprint density at radius 1 is 1.20 bits per heavy atom. The number of carbonyl (C=O) groups excluding carboxylic acids is 1. The average molecular weight is 218 g/mol. The molecule has 0 heterocycles. The molecule has 0 amide bonds. The summed E-state index contributed by atoms with van der Waals surface area (Å²) in [6.07, 6.45) is -0.232. The molecule has 0 aliphatic heterocycles. The fourth-order valence-corrected chi connectivity index (χ4v) is 1.05. The van der Waals surface area contributed by atoms with Crippen LogP contribution in [0, 0.1) is 0 Å². The zero-order chi connectivity index (χ0) is 11.9. The minimum atomic E-state index is -0.771. The van der Waals surface area contributed by atoms with E-state index < -0.39 is 11.9 Å². The Bertz CT molecular complexity index is 183.